The zero-order valence-corrected chi connectivity index (χ0v) is 14.7. The molecule has 0 bridgehead atoms. The lowest BCUT2D eigenvalue weighted by molar-refractivity contribution is -0.661. The van der Waals surface area contributed by atoms with Crippen LogP contribution in [-0.4, -0.2) is 35.2 Å². The van der Waals surface area contributed by atoms with Gasteiger partial charge in [0.1, 0.15) is 11.4 Å². The van der Waals surface area contributed by atoms with E-state index in [-0.39, 0.29) is 0 Å². The summed E-state index contributed by atoms with van der Waals surface area (Å²) in [5.41, 5.74) is 1.11. The van der Waals surface area contributed by atoms with Gasteiger partial charge in [0.05, 0.1) is 13.2 Å². The number of β-amino-alcohol motifs (C(OH)–C–C–N with tert-alkyl or cyclic N) is 1. The molecule has 0 aromatic heterocycles. The van der Waals surface area contributed by atoms with Gasteiger partial charge in [-0.2, -0.15) is 0 Å². The molecule has 0 spiro atoms. The minimum Gasteiger partial charge on any atom is -0.494 e. The third-order valence-electron chi connectivity index (χ3n) is 5.18. The van der Waals surface area contributed by atoms with Gasteiger partial charge in [-0.15, -0.1) is 0 Å². The summed E-state index contributed by atoms with van der Waals surface area (Å²) < 4.78 is 7.75. The summed E-state index contributed by atoms with van der Waals surface area (Å²) in [6, 6.07) is 18.2. The van der Waals surface area contributed by atoms with E-state index in [2.05, 4.69) is 21.6 Å². The van der Waals surface area contributed by atoms with Crippen LogP contribution in [-0.2, 0) is 5.72 Å². The van der Waals surface area contributed by atoms with Crippen LogP contribution < -0.4 is 9.64 Å². The minimum absolute atomic E-state index is 0.556. The first kappa shape index (κ1) is 16.2. The van der Waals surface area contributed by atoms with Crippen LogP contribution in [0.2, 0.25) is 0 Å². The van der Waals surface area contributed by atoms with E-state index in [1.54, 1.807) is 0 Å². The Morgan fingerprint density at radius 3 is 2.56 bits per heavy atom. The molecule has 130 valence electrons. The number of benzene rings is 2. The molecular weight excluding hydrogens is 312 g/mol. The molecule has 2 aromatic rings. The van der Waals surface area contributed by atoms with Crippen molar-refractivity contribution in [2.45, 2.75) is 31.9 Å². The van der Waals surface area contributed by atoms with Gasteiger partial charge in [-0.1, -0.05) is 30.3 Å². The highest BCUT2D eigenvalue weighted by molar-refractivity contribution is 5.96. The molecule has 4 rings (SSSR count). The zero-order chi connectivity index (χ0) is 17.3. The first-order valence-corrected chi connectivity index (χ1v) is 9.14. The average molecular weight is 337 g/mol. The van der Waals surface area contributed by atoms with Crippen LogP contribution >= 0.6 is 0 Å². The summed E-state index contributed by atoms with van der Waals surface area (Å²) >= 11 is 0. The molecule has 2 aliphatic rings. The molecule has 1 N–H and O–H groups in total. The molecule has 0 saturated carbocycles. The molecule has 1 atom stereocenters. The zero-order valence-electron chi connectivity index (χ0n) is 14.7. The Morgan fingerprint density at radius 2 is 1.84 bits per heavy atom. The molecule has 0 saturated heterocycles. The van der Waals surface area contributed by atoms with Crippen LogP contribution in [0.15, 0.2) is 54.6 Å². The Hall–Kier alpha value is -2.33. The number of amidine groups is 1. The minimum atomic E-state index is -0.963. The standard InChI is InChI=1S/C21H25N2O2/c1-2-25-19-13-11-18(12-14-19)22-16-21(24,17-8-4-3-5-9-17)23-15-7-6-10-20(22)23/h3-5,8-9,11-14,24H,2,6-7,10,15-16H2,1H3/q+1. The summed E-state index contributed by atoms with van der Waals surface area (Å²) in [5, 5.41) is 11.6. The van der Waals surface area contributed by atoms with Crippen LogP contribution in [0.5, 0.6) is 5.75 Å². The highest BCUT2D eigenvalue weighted by Gasteiger charge is 2.52. The van der Waals surface area contributed by atoms with Gasteiger partial charge in [-0.05, 0) is 44.0 Å². The fourth-order valence-electron chi connectivity index (χ4n) is 3.97. The summed E-state index contributed by atoms with van der Waals surface area (Å²) in [6.45, 7) is 4.11. The molecule has 2 aliphatic heterocycles. The van der Waals surface area contributed by atoms with Crippen molar-refractivity contribution in [3.63, 3.8) is 0 Å². The molecule has 0 radical (unpaired) electrons. The van der Waals surface area contributed by atoms with E-state index in [4.69, 9.17) is 4.74 Å². The van der Waals surface area contributed by atoms with Crippen molar-refractivity contribution in [3.8, 4) is 5.75 Å². The molecule has 4 heteroatoms. The number of ether oxygens (including phenoxy) is 1. The van der Waals surface area contributed by atoms with Gasteiger partial charge in [0.25, 0.3) is 11.6 Å². The Labute approximate surface area is 149 Å². The molecule has 0 fully saturated rings. The first-order chi connectivity index (χ1) is 12.2. The summed E-state index contributed by atoms with van der Waals surface area (Å²) in [4.78, 5) is 2.27. The van der Waals surface area contributed by atoms with E-state index in [9.17, 15) is 5.11 Å². The average Bonchev–Trinajstić information content (AvgIpc) is 2.98. The van der Waals surface area contributed by atoms with Gasteiger partial charge in [0, 0.05) is 12.0 Å². The van der Waals surface area contributed by atoms with Crippen molar-refractivity contribution in [1.29, 1.82) is 0 Å². The second-order valence-corrected chi connectivity index (χ2v) is 6.72. The third-order valence-corrected chi connectivity index (χ3v) is 5.18. The lowest BCUT2D eigenvalue weighted by Crippen LogP contribution is -2.41. The van der Waals surface area contributed by atoms with Crippen LogP contribution in [0, 0.1) is 0 Å². The maximum atomic E-state index is 11.6. The number of aliphatic hydroxyl groups is 1. The predicted molar refractivity (Wildman–Crippen MR) is 99.3 cm³/mol. The maximum absolute atomic E-state index is 11.6. The summed E-state index contributed by atoms with van der Waals surface area (Å²) in [7, 11) is 0. The highest BCUT2D eigenvalue weighted by atomic mass is 16.5. The van der Waals surface area contributed by atoms with Gasteiger partial charge in [0.2, 0.25) is 0 Å². The molecule has 0 aliphatic carbocycles. The predicted octanol–water partition coefficient (Wildman–Crippen LogP) is 3.35. The van der Waals surface area contributed by atoms with Gasteiger partial charge in [-0.25, -0.2) is 9.48 Å². The van der Waals surface area contributed by atoms with Gasteiger partial charge < -0.3 is 9.84 Å². The Morgan fingerprint density at radius 1 is 1.08 bits per heavy atom. The molecule has 2 aromatic carbocycles. The van der Waals surface area contributed by atoms with Gasteiger partial charge >= 0.3 is 0 Å². The lowest BCUT2D eigenvalue weighted by atomic mass is 10.0. The fourth-order valence-corrected chi connectivity index (χ4v) is 3.97. The Balaban J connectivity index is 1.72. The van der Waals surface area contributed by atoms with E-state index in [1.165, 1.54) is 12.3 Å². The number of nitrogens with zero attached hydrogens (tertiary/aromatic N) is 2. The van der Waals surface area contributed by atoms with Crippen LogP contribution in [0.4, 0.5) is 5.69 Å². The molecular formula is C21H25N2O2+. The van der Waals surface area contributed by atoms with Crippen molar-refractivity contribution < 1.29 is 14.4 Å². The first-order valence-electron chi connectivity index (χ1n) is 9.14. The number of hydrogen-bond donors (Lipinski definition) is 1. The van der Waals surface area contributed by atoms with Crippen molar-refractivity contribution in [1.82, 2.24) is 0 Å². The topological polar surface area (TPSA) is 35.7 Å². The van der Waals surface area contributed by atoms with Crippen molar-refractivity contribution in [2.75, 3.05) is 24.6 Å². The second kappa shape index (κ2) is 6.52. The second-order valence-electron chi connectivity index (χ2n) is 6.72. The maximum Gasteiger partial charge on any atom is 0.271 e. The molecule has 4 nitrogen and oxygen atoms in total. The third kappa shape index (κ3) is 2.81. The van der Waals surface area contributed by atoms with Crippen LogP contribution in [0.3, 0.4) is 0 Å². The van der Waals surface area contributed by atoms with E-state index in [0.717, 1.165) is 36.4 Å². The number of rotatable bonds is 4. The molecule has 2 heterocycles. The smallest absolute Gasteiger partial charge is 0.271 e. The van der Waals surface area contributed by atoms with Gasteiger partial charge in [-0.3, -0.25) is 0 Å². The van der Waals surface area contributed by atoms with Crippen molar-refractivity contribution in [3.05, 3.63) is 60.2 Å². The van der Waals surface area contributed by atoms with Crippen LogP contribution in [0.25, 0.3) is 0 Å². The number of hydrogen-bond acceptors (Lipinski definition) is 3. The van der Waals surface area contributed by atoms with E-state index < -0.39 is 5.72 Å². The Bertz CT molecular complexity index is 770. The molecule has 0 amide bonds. The fraction of sp³-hybridized carbons (Fsp3) is 0.381. The normalized spacial score (nSPS) is 22.9. The largest absolute Gasteiger partial charge is 0.494 e. The van der Waals surface area contributed by atoms with Crippen molar-refractivity contribution in [2.24, 2.45) is 0 Å². The van der Waals surface area contributed by atoms with E-state index in [0.29, 0.717) is 13.2 Å². The summed E-state index contributed by atoms with van der Waals surface area (Å²) in [6.07, 6.45) is 3.29. The van der Waals surface area contributed by atoms with Crippen LogP contribution in [0.1, 0.15) is 31.7 Å². The van der Waals surface area contributed by atoms with E-state index >= 15 is 0 Å². The van der Waals surface area contributed by atoms with E-state index in [1.807, 2.05) is 49.4 Å². The number of anilines is 1. The lowest BCUT2D eigenvalue weighted by Gasteiger charge is -2.24. The monoisotopic (exact) mass is 337 g/mol. The molecule has 25 heavy (non-hydrogen) atoms. The Kier molecular flexibility index (Phi) is 4.22. The van der Waals surface area contributed by atoms with Gasteiger partial charge in [0.15, 0.2) is 6.54 Å². The molecule has 1 unspecified atom stereocenters. The SMILES string of the molecule is CCOc1ccc(N2CC(O)(c3ccccc3)[N+]3=C2CCCC3)cc1. The quantitative estimate of drug-likeness (QED) is 0.869. The summed E-state index contributed by atoms with van der Waals surface area (Å²) in [5.74, 6) is 2.11. The van der Waals surface area contributed by atoms with Crippen molar-refractivity contribution >= 4 is 11.5 Å². The highest BCUT2D eigenvalue weighted by Crippen LogP contribution is 2.36.